The Morgan fingerprint density at radius 1 is 1.20 bits per heavy atom. The normalized spacial score (nSPS) is 11.9. The molecule has 118 valence electrons. The smallest absolute Gasteiger partial charge is 0.326 e. The number of methoxy groups -OCH3 is 1. The molecule has 2 amide bonds. The Labute approximate surface area is 118 Å². The number of rotatable bonds is 12. The fourth-order valence-electron chi connectivity index (χ4n) is 1.37. The van der Waals surface area contributed by atoms with Crippen LogP contribution < -0.4 is 10.6 Å². The van der Waals surface area contributed by atoms with E-state index < -0.39 is 18.0 Å². The van der Waals surface area contributed by atoms with Gasteiger partial charge in [0, 0.05) is 33.3 Å². The van der Waals surface area contributed by atoms with Gasteiger partial charge in [0.05, 0.1) is 13.2 Å². The number of carbonyl (C=O) groups is 2. The van der Waals surface area contributed by atoms with Gasteiger partial charge in [0.25, 0.3) is 0 Å². The Kier molecular flexibility index (Phi) is 11.8. The molecule has 0 aliphatic carbocycles. The first-order valence-electron chi connectivity index (χ1n) is 6.56. The zero-order valence-corrected chi connectivity index (χ0v) is 11.8. The molecule has 0 saturated carbocycles. The molecule has 4 N–H and O–H groups in total. The van der Waals surface area contributed by atoms with E-state index in [0.29, 0.717) is 26.4 Å². The number of carboxylic acid groups (broad SMARTS) is 1. The summed E-state index contributed by atoms with van der Waals surface area (Å²) in [5.41, 5.74) is 0. The van der Waals surface area contributed by atoms with Crippen molar-refractivity contribution in [3.05, 3.63) is 0 Å². The lowest BCUT2D eigenvalue weighted by Gasteiger charge is -2.13. The van der Waals surface area contributed by atoms with Gasteiger partial charge in [-0.15, -0.1) is 0 Å². The summed E-state index contributed by atoms with van der Waals surface area (Å²) >= 11 is 0. The molecule has 8 nitrogen and oxygen atoms in total. The van der Waals surface area contributed by atoms with Crippen LogP contribution in [0.25, 0.3) is 0 Å². The van der Waals surface area contributed by atoms with E-state index in [1.54, 1.807) is 7.11 Å². The summed E-state index contributed by atoms with van der Waals surface area (Å²) in [7, 11) is 1.60. The second-order valence-corrected chi connectivity index (χ2v) is 4.12. The largest absolute Gasteiger partial charge is 0.480 e. The standard InChI is InChI=1S/C12H24N2O6/c1-19-8-9-20-7-3-2-5-13-12(18)14-10(4-6-15)11(16)17/h10,15H,2-9H2,1H3,(H,16,17)(H2,13,14,18)/t10-/m1/s1. The first kappa shape index (κ1) is 18.6. The molecule has 0 fully saturated rings. The lowest BCUT2D eigenvalue weighted by molar-refractivity contribution is -0.139. The third-order valence-corrected chi connectivity index (χ3v) is 2.45. The summed E-state index contributed by atoms with van der Waals surface area (Å²) in [5.74, 6) is -1.17. The second-order valence-electron chi connectivity index (χ2n) is 4.12. The predicted molar refractivity (Wildman–Crippen MR) is 71.6 cm³/mol. The quantitative estimate of drug-likeness (QED) is 0.362. The summed E-state index contributed by atoms with van der Waals surface area (Å²) < 4.78 is 10.1. The van der Waals surface area contributed by atoms with Crippen LogP contribution in [0.1, 0.15) is 19.3 Å². The molecular formula is C12H24N2O6. The van der Waals surface area contributed by atoms with E-state index in [-0.39, 0.29) is 13.0 Å². The van der Waals surface area contributed by atoms with Crippen LogP contribution in [0.15, 0.2) is 0 Å². The fourth-order valence-corrected chi connectivity index (χ4v) is 1.37. The van der Waals surface area contributed by atoms with Gasteiger partial charge in [-0.2, -0.15) is 0 Å². The minimum Gasteiger partial charge on any atom is -0.480 e. The van der Waals surface area contributed by atoms with E-state index in [0.717, 1.165) is 12.8 Å². The van der Waals surface area contributed by atoms with E-state index in [1.807, 2.05) is 0 Å². The Morgan fingerprint density at radius 2 is 1.95 bits per heavy atom. The molecule has 20 heavy (non-hydrogen) atoms. The van der Waals surface area contributed by atoms with Crippen molar-refractivity contribution in [3.63, 3.8) is 0 Å². The van der Waals surface area contributed by atoms with Crippen molar-refractivity contribution in [2.45, 2.75) is 25.3 Å². The third kappa shape index (κ3) is 10.5. The summed E-state index contributed by atoms with van der Waals surface area (Å²) in [6, 6.07) is -1.62. The van der Waals surface area contributed by atoms with E-state index in [1.165, 1.54) is 0 Å². The van der Waals surface area contributed by atoms with E-state index in [4.69, 9.17) is 19.7 Å². The number of nitrogens with one attached hydrogen (secondary N) is 2. The van der Waals surface area contributed by atoms with Crippen molar-refractivity contribution in [1.29, 1.82) is 0 Å². The topological polar surface area (TPSA) is 117 Å². The van der Waals surface area contributed by atoms with Gasteiger partial charge in [0.1, 0.15) is 6.04 Å². The Hall–Kier alpha value is -1.38. The van der Waals surface area contributed by atoms with Crippen molar-refractivity contribution in [1.82, 2.24) is 10.6 Å². The van der Waals surface area contributed by atoms with Crippen molar-refractivity contribution < 1.29 is 29.3 Å². The molecule has 0 rings (SSSR count). The Balaban J connectivity index is 3.55. The average molecular weight is 292 g/mol. The van der Waals surface area contributed by atoms with Crippen LogP contribution in [0.2, 0.25) is 0 Å². The molecule has 0 aromatic rings. The average Bonchev–Trinajstić information content (AvgIpc) is 2.41. The van der Waals surface area contributed by atoms with Gasteiger partial charge in [0.15, 0.2) is 0 Å². The fraction of sp³-hybridized carbons (Fsp3) is 0.833. The third-order valence-electron chi connectivity index (χ3n) is 2.45. The molecule has 1 atom stereocenters. The highest BCUT2D eigenvalue weighted by atomic mass is 16.5. The molecule has 0 saturated heterocycles. The van der Waals surface area contributed by atoms with Crippen LogP contribution >= 0.6 is 0 Å². The zero-order chi connectivity index (χ0) is 15.2. The summed E-state index contributed by atoms with van der Waals surface area (Å²) in [5, 5.41) is 22.3. The van der Waals surface area contributed by atoms with E-state index in [9.17, 15) is 9.59 Å². The number of amides is 2. The van der Waals surface area contributed by atoms with Gasteiger partial charge in [-0.1, -0.05) is 0 Å². The number of hydrogen-bond acceptors (Lipinski definition) is 5. The van der Waals surface area contributed by atoms with E-state index >= 15 is 0 Å². The molecule has 0 radical (unpaired) electrons. The van der Waals surface area contributed by atoms with Gasteiger partial charge in [-0.05, 0) is 12.8 Å². The van der Waals surface area contributed by atoms with Gasteiger partial charge < -0.3 is 30.3 Å². The van der Waals surface area contributed by atoms with Crippen LogP contribution in [0.4, 0.5) is 4.79 Å². The van der Waals surface area contributed by atoms with Crippen LogP contribution in [-0.4, -0.2) is 68.3 Å². The summed E-state index contributed by atoms with van der Waals surface area (Å²) in [6.07, 6.45) is 1.51. The van der Waals surface area contributed by atoms with Crippen LogP contribution in [-0.2, 0) is 14.3 Å². The molecule has 0 aromatic carbocycles. The maximum absolute atomic E-state index is 11.4. The van der Waals surface area contributed by atoms with Gasteiger partial charge in [0.2, 0.25) is 0 Å². The minimum atomic E-state index is -1.17. The molecule has 0 bridgehead atoms. The molecule has 0 aliphatic rings. The van der Waals surface area contributed by atoms with Crippen molar-refractivity contribution >= 4 is 12.0 Å². The summed E-state index contributed by atoms with van der Waals surface area (Å²) in [4.78, 5) is 22.1. The molecule has 0 heterocycles. The monoisotopic (exact) mass is 292 g/mol. The molecule has 0 spiro atoms. The first-order chi connectivity index (χ1) is 9.61. The number of hydrogen-bond donors (Lipinski definition) is 4. The van der Waals surface area contributed by atoms with Gasteiger partial charge in [-0.25, -0.2) is 9.59 Å². The summed E-state index contributed by atoms with van der Waals surface area (Å²) in [6.45, 7) is 1.84. The number of aliphatic hydroxyl groups is 1. The van der Waals surface area contributed by atoms with Crippen molar-refractivity contribution in [2.24, 2.45) is 0 Å². The Bertz CT molecular complexity index is 275. The van der Waals surface area contributed by atoms with E-state index in [2.05, 4.69) is 10.6 Å². The van der Waals surface area contributed by atoms with Crippen LogP contribution in [0.5, 0.6) is 0 Å². The minimum absolute atomic E-state index is 0.0178. The maximum atomic E-state index is 11.4. The maximum Gasteiger partial charge on any atom is 0.326 e. The number of carbonyl (C=O) groups excluding carboxylic acids is 1. The number of aliphatic hydroxyl groups excluding tert-OH is 1. The lowest BCUT2D eigenvalue weighted by atomic mass is 10.2. The predicted octanol–water partition coefficient (Wildman–Crippen LogP) is -0.436. The lowest BCUT2D eigenvalue weighted by Crippen LogP contribution is -2.46. The van der Waals surface area contributed by atoms with Gasteiger partial charge >= 0.3 is 12.0 Å². The van der Waals surface area contributed by atoms with Crippen molar-refractivity contribution in [2.75, 3.05) is 40.1 Å². The highest BCUT2D eigenvalue weighted by Crippen LogP contribution is 1.92. The molecule has 0 aromatic heterocycles. The molecule has 0 unspecified atom stereocenters. The van der Waals surface area contributed by atoms with Crippen LogP contribution in [0.3, 0.4) is 0 Å². The highest BCUT2D eigenvalue weighted by Gasteiger charge is 2.18. The highest BCUT2D eigenvalue weighted by molar-refractivity contribution is 5.82. The zero-order valence-electron chi connectivity index (χ0n) is 11.8. The number of ether oxygens (including phenoxy) is 2. The van der Waals surface area contributed by atoms with Crippen molar-refractivity contribution in [3.8, 4) is 0 Å². The number of aliphatic carboxylic acids is 1. The van der Waals surface area contributed by atoms with Gasteiger partial charge in [-0.3, -0.25) is 0 Å². The SMILES string of the molecule is COCCOCCCCNC(=O)N[C@H](CCO)C(=O)O. The van der Waals surface area contributed by atoms with Crippen LogP contribution in [0, 0.1) is 0 Å². The second kappa shape index (κ2) is 12.6. The number of urea groups is 1. The molecule has 0 aliphatic heterocycles. The first-order valence-corrected chi connectivity index (χ1v) is 6.56. The molecule has 8 heteroatoms. The number of carboxylic acids is 1. The Morgan fingerprint density at radius 3 is 2.55 bits per heavy atom. The molecular weight excluding hydrogens is 268 g/mol. The number of unbranched alkanes of at least 4 members (excludes halogenated alkanes) is 1.